The molecule has 0 amide bonds. The lowest BCUT2D eigenvalue weighted by Gasteiger charge is -2.08. The Morgan fingerprint density at radius 3 is 2.64 bits per heavy atom. The van der Waals surface area contributed by atoms with Crippen LogP contribution in [-0.2, 0) is 6.42 Å². The van der Waals surface area contributed by atoms with E-state index in [1.807, 2.05) is 6.92 Å². The molecule has 0 spiro atoms. The minimum atomic E-state index is 0.404. The Balaban J connectivity index is 2.92. The van der Waals surface area contributed by atoms with Crippen molar-refractivity contribution in [2.24, 2.45) is 5.92 Å². The van der Waals surface area contributed by atoms with Gasteiger partial charge < -0.3 is 10.7 Å². The van der Waals surface area contributed by atoms with Crippen LogP contribution in [0.4, 0.5) is 5.95 Å². The number of rotatable bonds is 3. The molecule has 1 heterocycles. The van der Waals surface area contributed by atoms with Gasteiger partial charge in [-0.1, -0.05) is 26.1 Å². The number of H-pyrrole nitrogens is 1. The normalized spacial score (nSPS) is 10.9. The first kappa shape index (κ1) is 11.2. The van der Waals surface area contributed by atoms with E-state index in [1.165, 1.54) is 0 Å². The number of nitrogen functional groups attached to an aromatic ring is 1. The molecule has 0 radical (unpaired) electrons. The van der Waals surface area contributed by atoms with Gasteiger partial charge in [-0.15, -0.1) is 0 Å². The molecule has 0 atom stereocenters. The van der Waals surface area contributed by atoms with E-state index in [0.29, 0.717) is 16.5 Å². The van der Waals surface area contributed by atoms with Crippen molar-refractivity contribution in [1.29, 1.82) is 0 Å². The Hall–Kier alpha value is -0.900. The highest BCUT2D eigenvalue weighted by Gasteiger charge is 2.04. The molecule has 3 nitrogen and oxygen atoms in total. The van der Waals surface area contributed by atoms with E-state index in [4.69, 9.17) is 18.0 Å². The van der Waals surface area contributed by atoms with Crippen molar-refractivity contribution in [3.63, 3.8) is 0 Å². The highest BCUT2D eigenvalue weighted by Crippen LogP contribution is 2.13. The van der Waals surface area contributed by atoms with Gasteiger partial charge in [0.05, 0.1) is 0 Å². The van der Waals surface area contributed by atoms with Gasteiger partial charge >= 0.3 is 0 Å². The van der Waals surface area contributed by atoms with Gasteiger partial charge in [0, 0.05) is 11.3 Å². The van der Waals surface area contributed by atoms with Gasteiger partial charge in [0.1, 0.15) is 4.64 Å². The van der Waals surface area contributed by atoms with Crippen LogP contribution >= 0.6 is 12.2 Å². The molecule has 0 fully saturated rings. The number of aromatic nitrogens is 2. The van der Waals surface area contributed by atoms with E-state index in [0.717, 1.165) is 24.1 Å². The first-order valence-corrected chi connectivity index (χ1v) is 5.26. The molecule has 4 heteroatoms. The van der Waals surface area contributed by atoms with Gasteiger partial charge in [-0.2, -0.15) is 0 Å². The summed E-state index contributed by atoms with van der Waals surface area (Å²) in [5.74, 6) is 1.09. The van der Waals surface area contributed by atoms with Crippen LogP contribution in [0.25, 0.3) is 0 Å². The number of nitrogens with two attached hydrogens (primary N) is 1. The Labute approximate surface area is 89.8 Å². The summed E-state index contributed by atoms with van der Waals surface area (Å²) in [5.41, 5.74) is 7.72. The Kier molecular flexibility index (Phi) is 3.63. The van der Waals surface area contributed by atoms with Gasteiger partial charge in [-0.3, -0.25) is 0 Å². The molecule has 0 aliphatic rings. The third-order valence-corrected chi connectivity index (χ3v) is 2.56. The van der Waals surface area contributed by atoms with Crippen LogP contribution in [0.3, 0.4) is 0 Å². The van der Waals surface area contributed by atoms with E-state index < -0.39 is 0 Å². The number of aryl methyl sites for hydroxylation is 1. The summed E-state index contributed by atoms with van der Waals surface area (Å²) in [4.78, 5) is 7.05. The van der Waals surface area contributed by atoms with Crippen LogP contribution in [0.5, 0.6) is 0 Å². The highest BCUT2D eigenvalue weighted by atomic mass is 32.1. The minimum absolute atomic E-state index is 0.404. The van der Waals surface area contributed by atoms with Crippen LogP contribution in [0.1, 0.15) is 31.5 Å². The molecule has 1 aromatic rings. The van der Waals surface area contributed by atoms with E-state index in [2.05, 4.69) is 23.8 Å². The monoisotopic (exact) mass is 211 g/mol. The van der Waals surface area contributed by atoms with Crippen molar-refractivity contribution in [1.82, 2.24) is 9.97 Å². The number of nitrogens with zero attached hydrogens (tertiary/aromatic N) is 1. The lowest BCUT2D eigenvalue weighted by Crippen LogP contribution is -2.03. The first-order valence-electron chi connectivity index (χ1n) is 4.86. The van der Waals surface area contributed by atoms with E-state index >= 15 is 0 Å². The van der Waals surface area contributed by atoms with Gasteiger partial charge in [0.15, 0.2) is 5.95 Å². The van der Waals surface area contributed by atoms with Gasteiger partial charge in [-0.05, 0) is 25.7 Å². The summed E-state index contributed by atoms with van der Waals surface area (Å²) in [7, 11) is 0. The SMILES string of the molecule is Cc1[nH]c(N)nc(=S)c1CCC(C)C. The second-order valence-electron chi connectivity index (χ2n) is 3.96. The summed E-state index contributed by atoms with van der Waals surface area (Å²) < 4.78 is 0.638. The van der Waals surface area contributed by atoms with Crippen LogP contribution in [-0.4, -0.2) is 9.97 Å². The Morgan fingerprint density at radius 1 is 1.50 bits per heavy atom. The highest BCUT2D eigenvalue weighted by molar-refractivity contribution is 7.71. The molecule has 3 N–H and O–H groups in total. The largest absolute Gasteiger partial charge is 0.369 e. The fourth-order valence-corrected chi connectivity index (χ4v) is 1.71. The maximum atomic E-state index is 5.55. The molecule has 0 aliphatic carbocycles. The summed E-state index contributed by atoms with van der Waals surface area (Å²) >= 11 is 5.17. The lowest BCUT2D eigenvalue weighted by atomic mass is 10.0. The number of hydrogen-bond donors (Lipinski definition) is 2. The molecule has 0 aliphatic heterocycles. The van der Waals surface area contributed by atoms with Gasteiger partial charge in [-0.25, -0.2) is 4.98 Å². The zero-order chi connectivity index (χ0) is 10.7. The van der Waals surface area contributed by atoms with Crippen LogP contribution in [0.15, 0.2) is 0 Å². The number of nitrogens with one attached hydrogen (secondary N) is 1. The molecular weight excluding hydrogens is 194 g/mol. The molecular formula is C10H17N3S. The van der Waals surface area contributed by atoms with Crippen molar-refractivity contribution in [2.45, 2.75) is 33.6 Å². The van der Waals surface area contributed by atoms with Crippen molar-refractivity contribution < 1.29 is 0 Å². The zero-order valence-electron chi connectivity index (χ0n) is 8.92. The third kappa shape index (κ3) is 2.80. The number of anilines is 1. The van der Waals surface area contributed by atoms with Crippen molar-refractivity contribution in [3.05, 3.63) is 15.9 Å². The fraction of sp³-hybridized carbons (Fsp3) is 0.600. The quantitative estimate of drug-likeness (QED) is 0.756. The van der Waals surface area contributed by atoms with E-state index in [-0.39, 0.29) is 0 Å². The molecule has 0 bridgehead atoms. The van der Waals surface area contributed by atoms with Crippen LogP contribution in [0.2, 0.25) is 0 Å². The van der Waals surface area contributed by atoms with Crippen LogP contribution in [0, 0.1) is 17.5 Å². The predicted octanol–water partition coefficient (Wildman–Crippen LogP) is 2.62. The Morgan fingerprint density at radius 2 is 2.14 bits per heavy atom. The Bertz CT molecular complexity index is 368. The maximum Gasteiger partial charge on any atom is 0.198 e. The molecule has 1 rings (SSSR count). The number of aromatic amines is 1. The summed E-state index contributed by atoms with van der Waals surface area (Å²) in [5, 5.41) is 0. The zero-order valence-corrected chi connectivity index (χ0v) is 9.74. The maximum absolute atomic E-state index is 5.55. The van der Waals surface area contributed by atoms with Crippen molar-refractivity contribution >= 4 is 18.2 Å². The van der Waals surface area contributed by atoms with E-state index in [1.54, 1.807) is 0 Å². The summed E-state index contributed by atoms with van der Waals surface area (Å²) in [6.07, 6.45) is 2.11. The second-order valence-corrected chi connectivity index (χ2v) is 4.35. The lowest BCUT2D eigenvalue weighted by molar-refractivity contribution is 0.583. The molecule has 0 aromatic carbocycles. The molecule has 0 saturated heterocycles. The topological polar surface area (TPSA) is 54.7 Å². The molecule has 1 aromatic heterocycles. The van der Waals surface area contributed by atoms with E-state index in [9.17, 15) is 0 Å². The number of hydrogen-bond acceptors (Lipinski definition) is 3. The van der Waals surface area contributed by atoms with Crippen LogP contribution < -0.4 is 5.73 Å². The predicted molar refractivity (Wildman–Crippen MR) is 61.7 cm³/mol. The molecule has 78 valence electrons. The fourth-order valence-electron chi connectivity index (χ4n) is 1.36. The van der Waals surface area contributed by atoms with Crippen molar-refractivity contribution in [2.75, 3.05) is 5.73 Å². The van der Waals surface area contributed by atoms with Crippen molar-refractivity contribution in [3.8, 4) is 0 Å². The standard InChI is InChI=1S/C10H17N3S/c1-6(2)4-5-8-7(3)12-10(11)13-9(8)14/h6H,4-5H2,1-3H3,(H3,11,12,13,14). The smallest absolute Gasteiger partial charge is 0.198 e. The molecule has 14 heavy (non-hydrogen) atoms. The average Bonchev–Trinajstić information content (AvgIpc) is 2.01. The molecule has 0 unspecified atom stereocenters. The second kappa shape index (κ2) is 4.55. The third-order valence-electron chi connectivity index (χ3n) is 2.22. The first-order chi connectivity index (χ1) is 6.50. The molecule has 0 saturated carbocycles. The minimum Gasteiger partial charge on any atom is -0.369 e. The summed E-state index contributed by atoms with van der Waals surface area (Å²) in [6, 6.07) is 0. The summed E-state index contributed by atoms with van der Waals surface area (Å²) in [6.45, 7) is 6.39. The average molecular weight is 211 g/mol. The van der Waals surface area contributed by atoms with Gasteiger partial charge in [0.25, 0.3) is 0 Å². The van der Waals surface area contributed by atoms with Gasteiger partial charge in [0.2, 0.25) is 0 Å².